The van der Waals surface area contributed by atoms with Crippen LogP contribution in [0.25, 0.3) is 0 Å². The third kappa shape index (κ3) is 4.19. The van der Waals surface area contributed by atoms with Gasteiger partial charge in [-0.05, 0) is 20.4 Å². The van der Waals surface area contributed by atoms with E-state index >= 15 is 0 Å². The van der Waals surface area contributed by atoms with Crippen molar-refractivity contribution in [1.82, 2.24) is 19.9 Å². The molecule has 2 N–H and O–H groups in total. The molecule has 0 aliphatic heterocycles. The van der Waals surface area contributed by atoms with Crippen LogP contribution in [0, 0.1) is 0 Å². The van der Waals surface area contributed by atoms with Gasteiger partial charge in [-0.2, -0.15) is 15.0 Å². The van der Waals surface area contributed by atoms with Gasteiger partial charge < -0.3 is 15.5 Å². The molecule has 0 aliphatic carbocycles. The number of nitrogens with one attached hydrogen (secondary N) is 2. The summed E-state index contributed by atoms with van der Waals surface area (Å²) in [6.45, 7) is 1.75. The Hall–Kier alpha value is -1.08. The van der Waals surface area contributed by atoms with Crippen LogP contribution in [0.5, 0.6) is 0 Å². The van der Waals surface area contributed by atoms with E-state index in [9.17, 15) is 0 Å². The average Bonchev–Trinajstić information content (AvgIpc) is 2.28. The highest BCUT2D eigenvalue weighted by Gasteiger charge is 2.03. The maximum absolute atomic E-state index is 4.27. The summed E-state index contributed by atoms with van der Waals surface area (Å²) in [5, 5.41) is 6.80. The highest BCUT2D eigenvalue weighted by molar-refractivity contribution is 7.98. The second-order valence-corrected chi connectivity index (χ2v) is 4.22. The minimum absolute atomic E-state index is 0.590. The molecule has 0 fully saturated rings. The quantitative estimate of drug-likeness (QED) is 0.708. The van der Waals surface area contributed by atoms with Crippen molar-refractivity contribution in [3.05, 3.63) is 0 Å². The number of hydrogen-bond donors (Lipinski definition) is 2. The van der Waals surface area contributed by atoms with Crippen molar-refractivity contribution in [2.45, 2.75) is 5.16 Å². The fourth-order valence-electron chi connectivity index (χ4n) is 1.03. The molecule has 1 aromatic rings. The van der Waals surface area contributed by atoms with E-state index in [2.05, 4.69) is 30.5 Å². The molecule has 0 atom stereocenters. The zero-order valence-corrected chi connectivity index (χ0v) is 10.9. The van der Waals surface area contributed by atoms with Crippen LogP contribution in [-0.2, 0) is 0 Å². The van der Waals surface area contributed by atoms with Crippen molar-refractivity contribution in [2.75, 3.05) is 51.1 Å². The van der Waals surface area contributed by atoms with Crippen LogP contribution in [0.2, 0.25) is 0 Å². The van der Waals surface area contributed by atoms with E-state index in [-0.39, 0.29) is 0 Å². The highest BCUT2D eigenvalue weighted by atomic mass is 32.2. The van der Waals surface area contributed by atoms with Gasteiger partial charge in [0, 0.05) is 20.1 Å². The van der Waals surface area contributed by atoms with Crippen LogP contribution in [0.15, 0.2) is 5.16 Å². The molecule has 1 aromatic heterocycles. The third-order valence-corrected chi connectivity index (χ3v) is 2.41. The maximum Gasteiger partial charge on any atom is 0.228 e. The van der Waals surface area contributed by atoms with Crippen molar-refractivity contribution in [3.63, 3.8) is 0 Å². The molecule has 0 bridgehead atoms. The first-order chi connectivity index (χ1) is 7.65. The van der Waals surface area contributed by atoms with Gasteiger partial charge in [0.1, 0.15) is 0 Å². The van der Waals surface area contributed by atoms with Gasteiger partial charge in [0.2, 0.25) is 11.9 Å². The van der Waals surface area contributed by atoms with Crippen molar-refractivity contribution in [1.29, 1.82) is 0 Å². The lowest BCUT2D eigenvalue weighted by Gasteiger charge is -2.11. The first-order valence-electron chi connectivity index (χ1n) is 5.02. The van der Waals surface area contributed by atoms with Crippen LogP contribution >= 0.6 is 11.8 Å². The summed E-state index contributed by atoms with van der Waals surface area (Å²) in [6, 6.07) is 0. The molecule has 90 valence electrons. The standard InChI is InChI=1S/C9H18N6S/c1-10-7-12-8(11-5-6-15(2)3)14-9(13-7)16-4/h5-6H2,1-4H3,(H2,10,11,12,13,14). The second kappa shape index (κ2) is 6.49. The molecule has 0 radical (unpaired) electrons. The number of rotatable bonds is 6. The second-order valence-electron chi connectivity index (χ2n) is 3.45. The molecular formula is C9H18N6S. The van der Waals surface area contributed by atoms with Crippen LogP contribution in [-0.4, -0.2) is 60.3 Å². The molecule has 0 aromatic carbocycles. The fourth-order valence-corrected chi connectivity index (χ4v) is 1.39. The van der Waals surface area contributed by atoms with E-state index in [0.29, 0.717) is 17.1 Å². The van der Waals surface area contributed by atoms with Crippen molar-refractivity contribution < 1.29 is 0 Å². The summed E-state index contributed by atoms with van der Waals surface area (Å²) in [5.41, 5.74) is 0. The minimum atomic E-state index is 0.590. The van der Waals surface area contributed by atoms with Crippen LogP contribution in [0.1, 0.15) is 0 Å². The summed E-state index contributed by atoms with van der Waals surface area (Å²) in [7, 11) is 5.85. The Balaban J connectivity index is 2.64. The van der Waals surface area contributed by atoms with Gasteiger partial charge in [0.15, 0.2) is 5.16 Å². The lowest BCUT2D eigenvalue weighted by molar-refractivity contribution is 0.425. The summed E-state index contributed by atoms with van der Waals surface area (Å²) >= 11 is 1.50. The Labute approximate surface area is 100 Å². The van der Waals surface area contributed by atoms with E-state index < -0.39 is 0 Å². The zero-order chi connectivity index (χ0) is 12.0. The van der Waals surface area contributed by atoms with Crippen molar-refractivity contribution >= 4 is 23.7 Å². The first-order valence-corrected chi connectivity index (χ1v) is 6.24. The molecule has 0 aliphatic rings. The lowest BCUT2D eigenvalue weighted by Crippen LogP contribution is -2.21. The average molecular weight is 242 g/mol. The van der Waals surface area contributed by atoms with Crippen molar-refractivity contribution in [3.8, 4) is 0 Å². The van der Waals surface area contributed by atoms with Gasteiger partial charge in [0.05, 0.1) is 0 Å². The molecule has 0 saturated heterocycles. The van der Waals surface area contributed by atoms with E-state index in [1.54, 1.807) is 7.05 Å². The van der Waals surface area contributed by atoms with Gasteiger partial charge >= 0.3 is 0 Å². The van der Waals surface area contributed by atoms with Crippen LogP contribution in [0.4, 0.5) is 11.9 Å². The van der Waals surface area contributed by atoms with Crippen LogP contribution in [0.3, 0.4) is 0 Å². The van der Waals surface area contributed by atoms with Gasteiger partial charge in [-0.1, -0.05) is 11.8 Å². The van der Waals surface area contributed by atoms with Gasteiger partial charge in [0.25, 0.3) is 0 Å². The first kappa shape index (κ1) is 13.0. The molecule has 1 rings (SSSR count). The zero-order valence-electron chi connectivity index (χ0n) is 10.1. The lowest BCUT2D eigenvalue weighted by atomic mass is 10.6. The van der Waals surface area contributed by atoms with E-state index in [1.807, 2.05) is 20.4 Å². The van der Waals surface area contributed by atoms with E-state index in [0.717, 1.165) is 13.1 Å². The molecule has 1 heterocycles. The third-order valence-electron chi connectivity index (χ3n) is 1.86. The maximum atomic E-state index is 4.27. The molecule has 0 amide bonds. The number of thioether (sulfide) groups is 1. The van der Waals surface area contributed by atoms with Gasteiger partial charge in [-0.3, -0.25) is 0 Å². The smallest absolute Gasteiger partial charge is 0.228 e. The summed E-state index contributed by atoms with van der Waals surface area (Å²) in [4.78, 5) is 14.8. The highest BCUT2D eigenvalue weighted by Crippen LogP contribution is 2.12. The summed E-state index contributed by atoms with van der Waals surface area (Å²) < 4.78 is 0. The SMILES string of the molecule is CNc1nc(NCCN(C)C)nc(SC)n1. The molecule has 6 nitrogen and oxygen atoms in total. The molecule has 16 heavy (non-hydrogen) atoms. The number of hydrogen-bond acceptors (Lipinski definition) is 7. The van der Waals surface area contributed by atoms with Gasteiger partial charge in [-0.25, -0.2) is 0 Å². The normalized spacial score (nSPS) is 10.6. The van der Waals surface area contributed by atoms with E-state index in [1.165, 1.54) is 11.8 Å². The molecule has 0 saturated carbocycles. The number of nitrogens with zero attached hydrogens (tertiary/aromatic N) is 4. The van der Waals surface area contributed by atoms with Crippen LogP contribution < -0.4 is 10.6 Å². The molecule has 0 spiro atoms. The summed E-state index contributed by atoms with van der Waals surface area (Å²) in [6.07, 6.45) is 1.94. The predicted octanol–water partition coefficient (Wildman–Crippen LogP) is 0.609. The largest absolute Gasteiger partial charge is 0.357 e. The number of anilines is 2. The Morgan fingerprint density at radius 2 is 1.88 bits per heavy atom. The van der Waals surface area contributed by atoms with E-state index in [4.69, 9.17) is 0 Å². The Morgan fingerprint density at radius 3 is 2.44 bits per heavy atom. The number of likely N-dealkylation sites (N-methyl/N-ethyl adjacent to an activating group) is 1. The summed E-state index contributed by atoms with van der Waals surface area (Å²) in [5.74, 6) is 1.21. The van der Waals surface area contributed by atoms with Crippen molar-refractivity contribution in [2.24, 2.45) is 0 Å². The monoisotopic (exact) mass is 242 g/mol. The number of aromatic nitrogens is 3. The Kier molecular flexibility index (Phi) is 5.27. The topological polar surface area (TPSA) is 66.0 Å². The fraction of sp³-hybridized carbons (Fsp3) is 0.667. The predicted molar refractivity (Wildman–Crippen MR) is 68.2 cm³/mol. The molecule has 0 unspecified atom stereocenters. The Morgan fingerprint density at radius 1 is 1.19 bits per heavy atom. The van der Waals surface area contributed by atoms with Gasteiger partial charge in [-0.15, -0.1) is 0 Å². The Bertz CT molecular complexity index is 308. The molecule has 7 heteroatoms. The minimum Gasteiger partial charge on any atom is -0.357 e. The molecular weight excluding hydrogens is 224 g/mol.